The normalized spacial score (nSPS) is 21.2. The number of hydrogen-bond donors (Lipinski definition) is 3. The number of allylic oxidation sites excluding steroid dienone is 2. The molecule has 2 heterocycles. The number of nitrogens with zero attached hydrogens (tertiary/aromatic N) is 2. The molecule has 6 rings (SSSR count). The first kappa shape index (κ1) is 23.9. The molecular formula is C31H35N5O. The van der Waals surface area contributed by atoms with Crippen LogP contribution in [0.15, 0.2) is 64.7 Å². The summed E-state index contributed by atoms with van der Waals surface area (Å²) < 4.78 is 5.91. The fraction of sp³-hybridized carbons (Fsp3) is 0.387. The first-order valence-electron chi connectivity index (χ1n) is 13.7. The van der Waals surface area contributed by atoms with Gasteiger partial charge in [0, 0.05) is 17.3 Å². The molecule has 6 nitrogen and oxygen atoms in total. The van der Waals surface area contributed by atoms with E-state index in [-0.39, 0.29) is 5.71 Å². The van der Waals surface area contributed by atoms with Crippen LogP contribution in [0.5, 0.6) is 0 Å². The molecule has 1 fully saturated rings. The number of likely N-dealkylation sites (tertiary alicyclic amines) is 1. The Labute approximate surface area is 218 Å². The molecule has 1 aliphatic heterocycles. The van der Waals surface area contributed by atoms with E-state index < -0.39 is 0 Å². The number of hydrogen-bond acceptors (Lipinski definition) is 6. The summed E-state index contributed by atoms with van der Waals surface area (Å²) in [5.41, 5.74) is 7.65. The Kier molecular flexibility index (Phi) is 6.75. The second-order valence-corrected chi connectivity index (χ2v) is 10.6. The highest BCUT2D eigenvalue weighted by Gasteiger charge is 2.24. The van der Waals surface area contributed by atoms with E-state index in [0.717, 1.165) is 48.9 Å². The summed E-state index contributed by atoms with van der Waals surface area (Å²) in [5, 5.41) is 20.6. The molecule has 0 radical (unpaired) electrons. The summed E-state index contributed by atoms with van der Waals surface area (Å²) in [6.45, 7) is 2.53. The van der Waals surface area contributed by atoms with E-state index in [4.69, 9.17) is 15.2 Å². The Hall–Kier alpha value is -3.51. The Morgan fingerprint density at radius 2 is 1.76 bits per heavy atom. The largest absolute Gasteiger partial charge is 0.422 e. The van der Waals surface area contributed by atoms with Crippen LogP contribution in [-0.2, 0) is 19.3 Å². The molecule has 0 spiro atoms. The van der Waals surface area contributed by atoms with Gasteiger partial charge in [0.2, 0.25) is 0 Å². The highest BCUT2D eigenvalue weighted by Crippen LogP contribution is 2.29. The van der Waals surface area contributed by atoms with Gasteiger partial charge < -0.3 is 14.6 Å². The van der Waals surface area contributed by atoms with E-state index in [0.29, 0.717) is 23.5 Å². The molecule has 190 valence electrons. The average molecular weight is 494 g/mol. The topological polar surface area (TPSA) is 89.0 Å². The third-order valence-electron chi connectivity index (χ3n) is 8.20. The highest BCUT2D eigenvalue weighted by molar-refractivity contribution is 6.17. The average Bonchev–Trinajstić information content (AvgIpc) is 3.54. The Morgan fingerprint density at radius 3 is 2.62 bits per heavy atom. The molecule has 3 N–H and O–H groups in total. The number of rotatable bonds is 5. The molecule has 3 aromatic rings. The predicted molar refractivity (Wildman–Crippen MR) is 149 cm³/mol. The first-order valence-corrected chi connectivity index (χ1v) is 13.7. The molecule has 37 heavy (non-hydrogen) atoms. The van der Waals surface area contributed by atoms with Gasteiger partial charge in [0.05, 0.1) is 17.6 Å². The molecule has 3 aliphatic rings. The molecule has 0 bridgehead atoms. The quantitative estimate of drug-likeness (QED) is 0.281. The molecular weight excluding hydrogens is 458 g/mol. The van der Waals surface area contributed by atoms with Crippen LogP contribution in [0.1, 0.15) is 66.5 Å². The minimum Gasteiger partial charge on any atom is -0.422 e. The van der Waals surface area contributed by atoms with Crippen LogP contribution >= 0.6 is 0 Å². The number of oxazole rings is 1. The van der Waals surface area contributed by atoms with E-state index in [1.807, 2.05) is 18.2 Å². The van der Waals surface area contributed by atoms with Crippen molar-refractivity contribution in [2.24, 2.45) is 0 Å². The molecule has 0 saturated carbocycles. The van der Waals surface area contributed by atoms with Gasteiger partial charge in [-0.05, 0) is 111 Å². The first-order chi connectivity index (χ1) is 18.1. The number of aromatic nitrogens is 1. The Bertz CT molecular complexity index is 1350. The van der Waals surface area contributed by atoms with Crippen LogP contribution in [0.2, 0.25) is 0 Å². The van der Waals surface area contributed by atoms with E-state index in [2.05, 4.69) is 39.5 Å². The number of benzene rings is 2. The lowest BCUT2D eigenvalue weighted by atomic mass is 9.98. The third kappa shape index (κ3) is 5.16. The second-order valence-electron chi connectivity index (χ2n) is 10.6. The molecule has 2 aliphatic carbocycles. The van der Waals surface area contributed by atoms with E-state index >= 15 is 0 Å². The van der Waals surface area contributed by atoms with Gasteiger partial charge in [0.1, 0.15) is 0 Å². The van der Waals surface area contributed by atoms with Gasteiger partial charge in [0.25, 0.3) is 6.01 Å². The van der Waals surface area contributed by atoms with Gasteiger partial charge in [-0.1, -0.05) is 30.3 Å². The zero-order valence-electron chi connectivity index (χ0n) is 21.4. The van der Waals surface area contributed by atoms with Crippen molar-refractivity contribution in [1.29, 1.82) is 10.8 Å². The van der Waals surface area contributed by atoms with E-state index in [9.17, 15) is 0 Å². The van der Waals surface area contributed by atoms with Crippen molar-refractivity contribution in [2.45, 2.75) is 63.8 Å². The van der Waals surface area contributed by atoms with Crippen molar-refractivity contribution in [2.75, 3.05) is 18.4 Å². The lowest BCUT2D eigenvalue weighted by Gasteiger charge is -2.25. The van der Waals surface area contributed by atoms with Gasteiger partial charge in [-0.2, -0.15) is 0 Å². The highest BCUT2D eigenvalue weighted by atomic mass is 16.4. The number of aryl methyl sites for hydroxylation is 3. The summed E-state index contributed by atoms with van der Waals surface area (Å²) in [6.07, 6.45) is 13.5. The zero-order chi connectivity index (χ0) is 25.2. The predicted octanol–water partition coefficient (Wildman–Crippen LogP) is 6.46. The third-order valence-corrected chi connectivity index (χ3v) is 8.20. The van der Waals surface area contributed by atoms with Crippen LogP contribution in [-0.4, -0.2) is 40.4 Å². The van der Waals surface area contributed by atoms with Crippen molar-refractivity contribution in [1.82, 2.24) is 9.88 Å². The Morgan fingerprint density at radius 1 is 0.946 bits per heavy atom. The maximum absolute atomic E-state index is 8.70. The smallest absolute Gasteiger partial charge is 0.299 e. The van der Waals surface area contributed by atoms with Crippen LogP contribution in [0.4, 0.5) is 11.7 Å². The maximum atomic E-state index is 8.70. The van der Waals surface area contributed by atoms with Gasteiger partial charge in [-0.15, -0.1) is 0 Å². The van der Waals surface area contributed by atoms with E-state index in [1.54, 1.807) is 12.3 Å². The monoisotopic (exact) mass is 493 g/mol. The molecule has 1 atom stereocenters. The lowest BCUT2D eigenvalue weighted by molar-refractivity contribution is 0.222. The van der Waals surface area contributed by atoms with Gasteiger partial charge in [0.15, 0.2) is 5.76 Å². The second kappa shape index (κ2) is 10.5. The molecule has 1 unspecified atom stereocenters. The van der Waals surface area contributed by atoms with E-state index in [1.165, 1.54) is 55.5 Å². The summed E-state index contributed by atoms with van der Waals surface area (Å²) in [6, 6.07) is 15.8. The molecule has 1 saturated heterocycles. The van der Waals surface area contributed by atoms with Gasteiger partial charge >= 0.3 is 0 Å². The van der Waals surface area contributed by atoms with Crippen LogP contribution in [0, 0.1) is 10.8 Å². The van der Waals surface area contributed by atoms with Crippen molar-refractivity contribution in [3.05, 3.63) is 88.3 Å². The molecule has 2 aromatic carbocycles. The Balaban J connectivity index is 1.13. The zero-order valence-corrected chi connectivity index (χ0v) is 21.4. The van der Waals surface area contributed by atoms with Crippen LogP contribution < -0.4 is 5.32 Å². The number of anilines is 2. The van der Waals surface area contributed by atoms with Crippen molar-refractivity contribution in [3.8, 4) is 0 Å². The molecule has 1 aromatic heterocycles. The summed E-state index contributed by atoms with van der Waals surface area (Å²) >= 11 is 0. The summed E-state index contributed by atoms with van der Waals surface area (Å²) in [4.78, 5) is 7.08. The van der Waals surface area contributed by atoms with Crippen molar-refractivity contribution >= 4 is 23.1 Å². The van der Waals surface area contributed by atoms with Crippen molar-refractivity contribution < 1.29 is 4.42 Å². The standard InChI is InChI=1S/C31H35N5O/c32-28(19-24-8-5-7-22-6-1-2-9-27(22)30(24)33)29-20-34-31(37-29)35-25-13-10-21-11-14-26(15-12-23(21)18-25)36-16-3-4-17-36/h1-2,6,9-10,13,18-20,26,32-33H,3-5,7-8,11-12,14-17H2,(H,34,35)/b24-19-,32-28?,33-30?. The van der Waals surface area contributed by atoms with Crippen molar-refractivity contribution in [3.63, 3.8) is 0 Å². The van der Waals surface area contributed by atoms with Gasteiger partial charge in [-0.3, -0.25) is 10.8 Å². The summed E-state index contributed by atoms with van der Waals surface area (Å²) in [7, 11) is 0. The summed E-state index contributed by atoms with van der Waals surface area (Å²) in [5.74, 6) is 0.406. The minimum atomic E-state index is 0.245. The van der Waals surface area contributed by atoms with Crippen LogP contribution in [0.3, 0.4) is 0 Å². The molecule has 0 amide bonds. The maximum Gasteiger partial charge on any atom is 0.299 e. The lowest BCUT2D eigenvalue weighted by Crippen LogP contribution is -2.32. The number of fused-ring (bicyclic) bond motifs is 2. The minimum absolute atomic E-state index is 0.245. The SMILES string of the molecule is N=C(/C=C1/CCCc2ccccc2C1=N)c1cnc(Nc2ccc3c(c2)CCC(N2CCCC2)CC3)o1. The fourth-order valence-corrected chi connectivity index (χ4v) is 6.16. The number of nitrogens with one attached hydrogen (secondary N) is 3. The molecule has 6 heteroatoms. The fourth-order valence-electron chi connectivity index (χ4n) is 6.16. The van der Waals surface area contributed by atoms with Gasteiger partial charge in [-0.25, -0.2) is 4.98 Å². The van der Waals surface area contributed by atoms with Crippen LogP contribution in [0.25, 0.3) is 0 Å².